The maximum atomic E-state index is 5.61. The zero-order chi connectivity index (χ0) is 13.1. The molecule has 5 nitrogen and oxygen atoms in total. The van der Waals surface area contributed by atoms with Crippen LogP contribution in [0, 0.1) is 6.92 Å². The molecule has 0 saturated carbocycles. The van der Waals surface area contributed by atoms with Crippen LogP contribution < -0.4 is 15.2 Å². The third-order valence-corrected chi connectivity index (χ3v) is 2.65. The topological polar surface area (TPSA) is 70.3 Å². The summed E-state index contributed by atoms with van der Waals surface area (Å²) in [5, 5.41) is 0. The first-order valence-corrected chi connectivity index (χ1v) is 5.47. The normalized spacial score (nSPS) is 10.2. The van der Waals surface area contributed by atoms with E-state index in [1.54, 1.807) is 20.4 Å². The molecule has 0 radical (unpaired) electrons. The third kappa shape index (κ3) is 2.20. The van der Waals surface area contributed by atoms with E-state index >= 15 is 0 Å². The first kappa shape index (κ1) is 12.2. The Labute approximate surface area is 106 Å². The molecule has 2 aromatic rings. The number of aryl methyl sites for hydroxylation is 1. The van der Waals surface area contributed by atoms with Crippen molar-refractivity contribution in [3.8, 4) is 22.8 Å². The molecule has 94 valence electrons. The standard InChI is InChI=1S/C13H15N3O2/c1-8-7-15-13(14)16-12(8)9-4-5-10(17-2)11(6-9)18-3/h4-7H,1-3H3,(H2,14,15,16). The van der Waals surface area contributed by atoms with E-state index in [4.69, 9.17) is 15.2 Å². The Morgan fingerprint density at radius 2 is 1.83 bits per heavy atom. The Morgan fingerprint density at radius 3 is 2.50 bits per heavy atom. The Hall–Kier alpha value is -2.30. The summed E-state index contributed by atoms with van der Waals surface area (Å²) in [6.07, 6.45) is 1.70. The summed E-state index contributed by atoms with van der Waals surface area (Å²) < 4.78 is 10.5. The van der Waals surface area contributed by atoms with Gasteiger partial charge in [-0.2, -0.15) is 0 Å². The lowest BCUT2D eigenvalue weighted by atomic mass is 10.1. The molecule has 0 amide bonds. The molecule has 0 saturated heterocycles. The van der Waals surface area contributed by atoms with Gasteiger partial charge in [-0.15, -0.1) is 0 Å². The van der Waals surface area contributed by atoms with Gasteiger partial charge in [-0.1, -0.05) is 0 Å². The largest absolute Gasteiger partial charge is 0.493 e. The molecule has 1 aromatic heterocycles. The van der Waals surface area contributed by atoms with E-state index in [0.29, 0.717) is 11.5 Å². The quantitative estimate of drug-likeness (QED) is 0.896. The molecule has 0 aliphatic carbocycles. The molecule has 2 N–H and O–H groups in total. The molecule has 2 rings (SSSR count). The van der Waals surface area contributed by atoms with E-state index in [9.17, 15) is 0 Å². The van der Waals surface area contributed by atoms with E-state index in [1.807, 2.05) is 25.1 Å². The van der Waals surface area contributed by atoms with Crippen molar-refractivity contribution >= 4 is 5.95 Å². The van der Waals surface area contributed by atoms with Crippen LogP contribution in [-0.4, -0.2) is 24.2 Å². The minimum absolute atomic E-state index is 0.255. The number of rotatable bonds is 3. The van der Waals surface area contributed by atoms with Crippen molar-refractivity contribution in [2.45, 2.75) is 6.92 Å². The second-order valence-electron chi connectivity index (χ2n) is 3.83. The maximum absolute atomic E-state index is 5.61. The molecule has 1 aromatic carbocycles. The van der Waals surface area contributed by atoms with Crippen LogP contribution in [0.4, 0.5) is 5.95 Å². The Kier molecular flexibility index (Phi) is 3.32. The zero-order valence-corrected chi connectivity index (χ0v) is 10.6. The van der Waals surface area contributed by atoms with Gasteiger partial charge in [-0.25, -0.2) is 9.97 Å². The van der Waals surface area contributed by atoms with Gasteiger partial charge in [0.15, 0.2) is 11.5 Å². The molecule has 0 aliphatic heterocycles. The summed E-state index contributed by atoms with van der Waals surface area (Å²) in [7, 11) is 3.20. The van der Waals surface area contributed by atoms with Gasteiger partial charge in [-0.05, 0) is 30.7 Å². The summed E-state index contributed by atoms with van der Waals surface area (Å²) in [6.45, 7) is 1.94. The molecule has 0 atom stereocenters. The van der Waals surface area contributed by atoms with Crippen LogP contribution in [-0.2, 0) is 0 Å². The van der Waals surface area contributed by atoms with E-state index in [2.05, 4.69) is 9.97 Å². The first-order chi connectivity index (χ1) is 8.65. The van der Waals surface area contributed by atoms with Crippen LogP contribution in [0.3, 0.4) is 0 Å². The summed E-state index contributed by atoms with van der Waals surface area (Å²) in [5.74, 6) is 1.60. The predicted molar refractivity (Wildman–Crippen MR) is 69.7 cm³/mol. The molecule has 5 heteroatoms. The minimum Gasteiger partial charge on any atom is -0.493 e. The second-order valence-corrected chi connectivity index (χ2v) is 3.83. The molecule has 0 aliphatic rings. The summed E-state index contributed by atoms with van der Waals surface area (Å²) in [5.41, 5.74) is 8.28. The number of nitrogens with zero attached hydrogens (tertiary/aromatic N) is 2. The van der Waals surface area contributed by atoms with Crippen molar-refractivity contribution in [2.24, 2.45) is 0 Å². The zero-order valence-electron chi connectivity index (χ0n) is 10.6. The van der Waals surface area contributed by atoms with E-state index in [-0.39, 0.29) is 5.95 Å². The monoisotopic (exact) mass is 245 g/mol. The van der Waals surface area contributed by atoms with E-state index < -0.39 is 0 Å². The van der Waals surface area contributed by atoms with Gasteiger partial charge >= 0.3 is 0 Å². The fourth-order valence-electron chi connectivity index (χ4n) is 1.73. The number of methoxy groups -OCH3 is 2. The summed E-state index contributed by atoms with van der Waals surface area (Å²) in [6, 6.07) is 5.62. The van der Waals surface area contributed by atoms with Gasteiger partial charge in [0.25, 0.3) is 0 Å². The average Bonchev–Trinajstić information content (AvgIpc) is 2.40. The van der Waals surface area contributed by atoms with E-state index in [1.165, 1.54) is 0 Å². The lowest BCUT2D eigenvalue weighted by Gasteiger charge is -2.10. The molecular formula is C13H15N3O2. The minimum atomic E-state index is 0.255. The van der Waals surface area contributed by atoms with Crippen molar-refractivity contribution in [1.82, 2.24) is 9.97 Å². The van der Waals surface area contributed by atoms with Gasteiger partial charge in [0, 0.05) is 11.8 Å². The number of nitrogens with two attached hydrogens (primary N) is 1. The van der Waals surface area contributed by atoms with Crippen molar-refractivity contribution in [1.29, 1.82) is 0 Å². The van der Waals surface area contributed by atoms with Crippen molar-refractivity contribution in [3.63, 3.8) is 0 Å². The van der Waals surface area contributed by atoms with Crippen LogP contribution in [0.5, 0.6) is 11.5 Å². The van der Waals surface area contributed by atoms with Gasteiger partial charge in [0.1, 0.15) is 0 Å². The maximum Gasteiger partial charge on any atom is 0.220 e. The number of nitrogen functional groups attached to an aromatic ring is 1. The highest BCUT2D eigenvalue weighted by molar-refractivity contribution is 5.67. The fourth-order valence-corrected chi connectivity index (χ4v) is 1.73. The van der Waals surface area contributed by atoms with Gasteiger partial charge in [0.2, 0.25) is 5.95 Å². The molecule has 18 heavy (non-hydrogen) atoms. The van der Waals surface area contributed by atoms with Crippen molar-refractivity contribution in [3.05, 3.63) is 30.0 Å². The van der Waals surface area contributed by atoms with Crippen LogP contribution in [0.2, 0.25) is 0 Å². The highest BCUT2D eigenvalue weighted by Crippen LogP contribution is 2.32. The molecule has 0 spiro atoms. The Bertz CT molecular complexity index is 570. The third-order valence-electron chi connectivity index (χ3n) is 2.65. The lowest BCUT2D eigenvalue weighted by molar-refractivity contribution is 0.355. The SMILES string of the molecule is COc1ccc(-c2nc(N)ncc2C)cc1OC. The van der Waals surface area contributed by atoms with Gasteiger partial charge in [-0.3, -0.25) is 0 Å². The Balaban J connectivity index is 2.54. The lowest BCUT2D eigenvalue weighted by Crippen LogP contribution is -1.99. The second kappa shape index (κ2) is 4.91. The van der Waals surface area contributed by atoms with Crippen LogP contribution >= 0.6 is 0 Å². The number of anilines is 1. The number of aromatic nitrogens is 2. The first-order valence-electron chi connectivity index (χ1n) is 5.47. The van der Waals surface area contributed by atoms with Crippen LogP contribution in [0.1, 0.15) is 5.56 Å². The molecule has 0 bridgehead atoms. The van der Waals surface area contributed by atoms with Gasteiger partial charge < -0.3 is 15.2 Å². The highest BCUT2D eigenvalue weighted by Gasteiger charge is 2.09. The molecule has 1 heterocycles. The number of hydrogen-bond donors (Lipinski definition) is 1. The van der Waals surface area contributed by atoms with Crippen LogP contribution in [0.15, 0.2) is 24.4 Å². The smallest absolute Gasteiger partial charge is 0.220 e. The summed E-state index contributed by atoms with van der Waals surface area (Å²) >= 11 is 0. The van der Waals surface area contributed by atoms with Crippen molar-refractivity contribution in [2.75, 3.05) is 20.0 Å². The van der Waals surface area contributed by atoms with Gasteiger partial charge in [0.05, 0.1) is 19.9 Å². The van der Waals surface area contributed by atoms with Crippen LogP contribution in [0.25, 0.3) is 11.3 Å². The number of ether oxygens (including phenoxy) is 2. The highest BCUT2D eigenvalue weighted by atomic mass is 16.5. The fraction of sp³-hybridized carbons (Fsp3) is 0.231. The summed E-state index contributed by atoms with van der Waals surface area (Å²) in [4.78, 5) is 8.20. The average molecular weight is 245 g/mol. The van der Waals surface area contributed by atoms with E-state index in [0.717, 1.165) is 16.8 Å². The molecule has 0 fully saturated rings. The molecular weight excluding hydrogens is 230 g/mol. The number of benzene rings is 1. The molecule has 0 unspecified atom stereocenters. The van der Waals surface area contributed by atoms with Crippen molar-refractivity contribution < 1.29 is 9.47 Å². The Morgan fingerprint density at radius 1 is 1.11 bits per heavy atom. The number of hydrogen-bond acceptors (Lipinski definition) is 5. The predicted octanol–water partition coefficient (Wildman–Crippen LogP) is 2.05.